The van der Waals surface area contributed by atoms with Crippen molar-refractivity contribution < 1.29 is 9.90 Å². The highest BCUT2D eigenvalue weighted by Gasteiger charge is 2.06. The number of amides is 2. The molecule has 4 heteroatoms. The quantitative estimate of drug-likeness (QED) is 0.707. The van der Waals surface area contributed by atoms with Gasteiger partial charge in [-0.3, -0.25) is 0 Å². The average molecular weight is 242 g/mol. The van der Waals surface area contributed by atoms with E-state index in [9.17, 15) is 9.90 Å². The molecule has 2 rings (SSSR count). The molecule has 4 nitrogen and oxygen atoms in total. The first-order valence-corrected chi connectivity index (χ1v) is 5.58. The van der Waals surface area contributed by atoms with Gasteiger partial charge in [0.2, 0.25) is 0 Å². The summed E-state index contributed by atoms with van der Waals surface area (Å²) >= 11 is 0. The Kier molecular flexibility index (Phi) is 3.48. The summed E-state index contributed by atoms with van der Waals surface area (Å²) in [6.45, 7) is 1.91. The molecule has 0 aliphatic carbocycles. The number of phenolic OH excluding ortho intramolecular Hbond substituents is 1. The second-order valence-corrected chi connectivity index (χ2v) is 3.91. The Morgan fingerprint density at radius 3 is 2.17 bits per heavy atom. The van der Waals surface area contributed by atoms with E-state index in [1.54, 1.807) is 18.2 Å². The lowest BCUT2D eigenvalue weighted by Crippen LogP contribution is -2.19. The number of phenols is 1. The molecule has 0 heterocycles. The van der Waals surface area contributed by atoms with Gasteiger partial charge in [0.05, 0.1) is 5.69 Å². The number of carbonyl (C=O) groups is 1. The molecule has 0 aromatic heterocycles. The Hall–Kier alpha value is -2.49. The van der Waals surface area contributed by atoms with Crippen LogP contribution >= 0.6 is 0 Å². The molecule has 18 heavy (non-hydrogen) atoms. The number of rotatable bonds is 2. The van der Waals surface area contributed by atoms with Gasteiger partial charge >= 0.3 is 6.03 Å². The normalized spacial score (nSPS) is 9.83. The Labute approximate surface area is 105 Å². The van der Waals surface area contributed by atoms with Crippen molar-refractivity contribution in [2.75, 3.05) is 10.6 Å². The number of urea groups is 1. The van der Waals surface area contributed by atoms with Gasteiger partial charge in [0.1, 0.15) is 5.75 Å². The summed E-state index contributed by atoms with van der Waals surface area (Å²) in [4.78, 5) is 11.8. The third-order valence-electron chi connectivity index (χ3n) is 2.55. The zero-order chi connectivity index (χ0) is 13.0. The molecule has 92 valence electrons. The lowest BCUT2D eigenvalue weighted by Gasteiger charge is -2.10. The molecule has 3 N–H and O–H groups in total. The molecule has 2 aromatic rings. The first kappa shape index (κ1) is 12.0. The molecule has 0 unspecified atom stereocenters. The fourth-order valence-corrected chi connectivity index (χ4v) is 1.57. The number of benzene rings is 2. The monoisotopic (exact) mass is 242 g/mol. The fourth-order valence-electron chi connectivity index (χ4n) is 1.57. The highest BCUT2D eigenvalue weighted by molar-refractivity contribution is 6.01. The van der Waals surface area contributed by atoms with E-state index in [2.05, 4.69) is 10.6 Å². The number of hydrogen-bond donors (Lipinski definition) is 3. The molecule has 0 spiro atoms. The number of nitrogens with one attached hydrogen (secondary N) is 2. The summed E-state index contributed by atoms with van der Waals surface area (Å²) in [6, 6.07) is 13.7. The predicted octanol–water partition coefficient (Wildman–Crippen LogP) is 3.34. The molecule has 0 aliphatic heterocycles. The molecule has 0 saturated carbocycles. The number of aryl methyl sites for hydroxylation is 1. The van der Waals surface area contributed by atoms with Crippen LogP contribution in [0.2, 0.25) is 0 Å². The maximum atomic E-state index is 11.8. The minimum atomic E-state index is -0.384. The van der Waals surface area contributed by atoms with E-state index < -0.39 is 0 Å². The lowest BCUT2D eigenvalue weighted by atomic mass is 10.2. The third-order valence-corrected chi connectivity index (χ3v) is 2.55. The maximum Gasteiger partial charge on any atom is 0.323 e. The smallest absolute Gasteiger partial charge is 0.323 e. The molecular weight excluding hydrogens is 228 g/mol. The molecule has 0 fully saturated rings. The van der Waals surface area contributed by atoms with Gasteiger partial charge in [0.25, 0.3) is 0 Å². The largest absolute Gasteiger partial charge is 0.506 e. The molecule has 0 bridgehead atoms. The minimum absolute atomic E-state index is 0.0393. The first-order chi connectivity index (χ1) is 8.66. The molecule has 0 saturated heterocycles. The van der Waals surface area contributed by atoms with Gasteiger partial charge < -0.3 is 15.7 Å². The van der Waals surface area contributed by atoms with Crippen molar-refractivity contribution in [2.45, 2.75) is 6.92 Å². The molecule has 0 atom stereocenters. The van der Waals surface area contributed by atoms with E-state index in [1.807, 2.05) is 31.2 Å². The van der Waals surface area contributed by atoms with E-state index >= 15 is 0 Å². The third kappa shape index (κ3) is 2.79. The van der Waals surface area contributed by atoms with Crippen LogP contribution in [0.3, 0.4) is 0 Å². The van der Waals surface area contributed by atoms with Crippen molar-refractivity contribution in [3.8, 4) is 5.75 Å². The van der Waals surface area contributed by atoms with Crippen molar-refractivity contribution in [3.05, 3.63) is 54.1 Å². The summed E-state index contributed by atoms with van der Waals surface area (Å²) in [6.07, 6.45) is 0. The average Bonchev–Trinajstić information content (AvgIpc) is 2.35. The number of anilines is 2. The van der Waals surface area contributed by atoms with Crippen LogP contribution < -0.4 is 10.6 Å². The molecule has 2 aromatic carbocycles. The summed E-state index contributed by atoms with van der Waals surface area (Å²) in [5.74, 6) is 0.0393. The first-order valence-electron chi connectivity index (χ1n) is 5.58. The van der Waals surface area contributed by atoms with Crippen LogP contribution in [0.1, 0.15) is 5.56 Å². The minimum Gasteiger partial charge on any atom is -0.506 e. The zero-order valence-electron chi connectivity index (χ0n) is 9.97. The molecule has 0 aliphatic rings. The fraction of sp³-hybridized carbons (Fsp3) is 0.0714. The van der Waals surface area contributed by atoms with Crippen molar-refractivity contribution in [1.82, 2.24) is 0 Å². The van der Waals surface area contributed by atoms with E-state index in [0.29, 0.717) is 5.69 Å². The Morgan fingerprint density at radius 1 is 0.944 bits per heavy atom. The van der Waals surface area contributed by atoms with Crippen LogP contribution in [0.25, 0.3) is 0 Å². The predicted molar refractivity (Wildman–Crippen MR) is 71.9 cm³/mol. The van der Waals surface area contributed by atoms with Gasteiger partial charge in [-0.2, -0.15) is 0 Å². The number of hydrogen-bond acceptors (Lipinski definition) is 2. The SMILES string of the molecule is Cc1ccccc1NC(=O)Nc1ccccc1O. The number of para-hydroxylation sites is 3. The van der Waals surface area contributed by atoms with Gasteiger partial charge in [-0.1, -0.05) is 30.3 Å². The van der Waals surface area contributed by atoms with Crippen molar-refractivity contribution >= 4 is 17.4 Å². The Morgan fingerprint density at radius 2 is 1.50 bits per heavy atom. The maximum absolute atomic E-state index is 11.8. The zero-order valence-corrected chi connectivity index (χ0v) is 9.97. The van der Waals surface area contributed by atoms with Crippen LogP contribution in [0.5, 0.6) is 5.75 Å². The standard InChI is InChI=1S/C14H14N2O2/c1-10-6-2-3-7-11(10)15-14(18)16-12-8-4-5-9-13(12)17/h2-9,17H,1H3,(H2,15,16,18). The summed E-state index contributed by atoms with van der Waals surface area (Å²) in [5.41, 5.74) is 2.10. The van der Waals surface area contributed by atoms with Crippen molar-refractivity contribution in [1.29, 1.82) is 0 Å². The number of carbonyl (C=O) groups excluding carboxylic acids is 1. The van der Waals surface area contributed by atoms with Gasteiger partial charge in [-0.15, -0.1) is 0 Å². The highest BCUT2D eigenvalue weighted by atomic mass is 16.3. The van der Waals surface area contributed by atoms with Crippen LogP contribution in [0.15, 0.2) is 48.5 Å². The summed E-state index contributed by atoms with van der Waals surface area (Å²) in [7, 11) is 0. The topological polar surface area (TPSA) is 61.4 Å². The lowest BCUT2D eigenvalue weighted by molar-refractivity contribution is 0.262. The molecule has 0 radical (unpaired) electrons. The number of aromatic hydroxyl groups is 1. The van der Waals surface area contributed by atoms with E-state index in [-0.39, 0.29) is 11.8 Å². The van der Waals surface area contributed by atoms with Gasteiger partial charge in [-0.25, -0.2) is 4.79 Å². The van der Waals surface area contributed by atoms with Crippen LogP contribution in [-0.4, -0.2) is 11.1 Å². The highest BCUT2D eigenvalue weighted by Crippen LogP contribution is 2.22. The second-order valence-electron chi connectivity index (χ2n) is 3.91. The van der Waals surface area contributed by atoms with Crippen molar-refractivity contribution in [2.24, 2.45) is 0 Å². The van der Waals surface area contributed by atoms with Crippen molar-refractivity contribution in [3.63, 3.8) is 0 Å². The molecular formula is C14H14N2O2. The van der Waals surface area contributed by atoms with E-state index in [0.717, 1.165) is 11.3 Å². The van der Waals surface area contributed by atoms with Crippen LogP contribution in [0, 0.1) is 6.92 Å². The van der Waals surface area contributed by atoms with Crippen LogP contribution in [-0.2, 0) is 0 Å². The van der Waals surface area contributed by atoms with Gasteiger partial charge in [-0.05, 0) is 30.7 Å². The Balaban J connectivity index is 2.06. The van der Waals surface area contributed by atoms with Gasteiger partial charge in [0, 0.05) is 5.69 Å². The summed E-state index contributed by atoms with van der Waals surface area (Å²) in [5, 5.41) is 14.8. The Bertz CT molecular complexity index is 518. The van der Waals surface area contributed by atoms with E-state index in [4.69, 9.17) is 0 Å². The second kappa shape index (κ2) is 5.23. The molecule has 2 amide bonds. The van der Waals surface area contributed by atoms with Gasteiger partial charge in [0.15, 0.2) is 0 Å². The summed E-state index contributed by atoms with van der Waals surface area (Å²) < 4.78 is 0. The van der Waals surface area contributed by atoms with E-state index in [1.165, 1.54) is 6.07 Å². The van der Waals surface area contributed by atoms with Crippen LogP contribution in [0.4, 0.5) is 16.2 Å².